The standard InChI is InChI=1S/C11H17ClN4O3/c1-3-7-10(12)8(16(4-2)15-7)5-13-11(19)14-6-9(17)18/h3-6H2,1-2H3,(H,17,18)(H2,13,14,19). The SMILES string of the molecule is CCc1nn(CC)c(CNC(=O)NCC(=O)O)c1Cl. The Morgan fingerprint density at radius 1 is 1.37 bits per heavy atom. The van der Waals surface area contributed by atoms with Gasteiger partial charge in [-0.25, -0.2) is 4.79 Å². The number of aryl methyl sites for hydroxylation is 2. The van der Waals surface area contributed by atoms with Crippen LogP contribution < -0.4 is 10.6 Å². The molecule has 0 fully saturated rings. The molecular weight excluding hydrogens is 272 g/mol. The van der Waals surface area contributed by atoms with Crippen LogP contribution in [0.15, 0.2) is 0 Å². The van der Waals surface area contributed by atoms with Crippen LogP contribution in [0.4, 0.5) is 4.79 Å². The lowest BCUT2D eigenvalue weighted by molar-refractivity contribution is -0.135. The van der Waals surface area contributed by atoms with Gasteiger partial charge in [-0.15, -0.1) is 0 Å². The molecule has 0 bridgehead atoms. The smallest absolute Gasteiger partial charge is 0.323 e. The predicted octanol–water partition coefficient (Wildman–Crippen LogP) is 1.00. The summed E-state index contributed by atoms with van der Waals surface area (Å²) in [5.74, 6) is -1.10. The molecule has 8 heteroatoms. The Labute approximate surface area is 115 Å². The average molecular weight is 289 g/mol. The molecule has 1 aromatic rings. The lowest BCUT2D eigenvalue weighted by Gasteiger charge is -2.08. The number of rotatable bonds is 6. The topological polar surface area (TPSA) is 96.3 Å². The van der Waals surface area contributed by atoms with E-state index in [2.05, 4.69) is 15.7 Å². The number of halogens is 1. The molecule has 7 nitrogen and oxygen atoms in total. The quantitative estimate of drug-likeness (QED) is 0.727. The second kappa shape index (κ2) is 6.98. The van der Waals surface area contributed by atoms with Crippen LogP contribution in [-0.2, 0) is 24.3 Å². The summed E-state index contributed by atoms with van der Waals surface area (Å²) < 4.78 is 1.72. The molecule has 3 N–H and O–H groups in total. The first-order valence-electron chi connectivity index (χ1n) is 5.97. The lowest BCUT2D eigenvalue weighted by Crippen LogP contribution is -2.38. The first-order chi connectivity index (χ1) is 8.99. The van der Waals surface area contributed by atoms with Gasteiger partial charge in [-0.2, -0.15) is 5.10 Å². The highest BCUT2D eigenvalue weighted by atomic mass is 35.5. The molecule has 106 valence electrons. The molecule has 0 saturated heterocycles. The number of amides is 2. The lowest BCUT2D eigenvalue weighted by atomic mass is 10.3. The number of hydrogen-bond donors (Lipinski definition) is 3. The molecule has 0 aliphatic rings. The van der Waals surface area contributed by atoms with Gasteiger partial charge in [0, 0.05) is 6.54 Å². The normalized spacial score (nSPS) is 10.3. The second-order valence-electron chi connectivity index (χ2n) is 3.81. The van der Waals surface area contributed by atoms with E-state index in [4.69, 9.17) is 16.7 Å². The van der Waals surface area contributed by atoms with E-state index in [-0.39, 0.29) is 6.54 Å². The van der Waals surface area contributed by atoms with E-state index in [1.54, 1.807) is 4.68 Å². The summed E-state index contributed by atoms with van der Waals surface area (Å²) in [4.78, 5) is 21.6. The molecule has 0 atom stereocenters. The van der Waals surface area contributed by atoms with Crippen LogP contribution >= 0.6 is 11.6 Å². The van der Waals surface area contributed by atoms with Gasteiger partial charge < -0.3 is 15.7 Å². The number of carbonyl (C=O) groups excluding carboxylic acids is 1. The van der Waals surface area contributed by atoms with Crippen LogP contribution in [0.1, 0.15) is 25.2 Å². The van der Waals surface area contributed by atoms with Crippen molar-refractivity contribution in [2.24, 2.45) is 0 Å². The Morgan fingerprint density at radius 2 is 2.05 bits per heavy atom. The molecule has 19 heavy (non-hydrogen) atoms. The van der Waals surface area contributed by atoms with Gasteiger partial charge in [0.05, 0.1) is 23.0 Å². The number of urea groups is 1. The van der Waals surface area contributed by atoms with Gasteiger partial charge in [-0.05, 0) is 13.3 Å². The highest BCUT2D eigenvalue weighted by Gasteiger charge is 2.14. The summed E-state index contributed by atoms with van der Waals surface area (Å²) in [5.41, 5.74) is 1.50. The minimum Gasteiger partial charge on any atom is -0.480 e. The molecule has 1 rings (SSSR count). The van der Waals surface area contributed by atoms with Crippen LogP contribution in [0.3, 0.4) is 0 Å². The molecule has 0 aromatic carbocycles. The van der Waals surface area contributed by atoms with Crippen molar-refractivity contribution in [1.82, 2.24) is 20.4 Å². The number of hydrogen-bond acceptors (Lipinski definition) is 3. The molecule has 0 saturated carbocycles. The predicted molar refractivity (Wildman–Crippen MR) is 70.2 cm³/mol. The third-order valence-electron chi connectivity index (χ3n) is 2.51. The van der Waals surface area contributed by atoms with Crippen LogP contribution in [0, 0.1) is 0 Å². The van der Waals surface area contributed by atoms with Gasteiger partial charge in [0.1, 0.15) is 6.54 Å². The second-order valence-corrected chi connectivity index (χ2v) is 4.18. The first kappa shape index (κ1) is 15.3. The van der Waals surface area contributed by atoms with Crippen molar-refractivity contribution >= 4 is 23.6 Å². The zero-order valence-corrected chi connectivity index (χ0v) is 11.6. The summed E-state index contributed by atoms with van der Waals surface area (Å²) in [6, 6.07) is -0.555. The van der Waals surface area contributed by atoms with Crippen molar-refractivity contribution < 1.29 is 14.7 Å². The van der Waals surface area contributed by atoms with E-state index in [0.29, 0.717) is 23.7 Å². The number of aliphatic carboxylic acids is 1. The fraction of sp³-hybridized carbons (Fsp3) is 0.545. The fourth-order valence-electron chi connectivity index (χ4n) is 1.57. The van der Waals surface area contributed by atoms with Crippen molar-refractivity contribution in [1.29, 1.82) is 0 Å². The molecule has 2 amide bonds. The zero-order valence-electron chi connectivity index (χ0n) is 10.9. The Kier molecular flexibility index (Phi) is 5.62. The monoisotopic (exact) mass is 288 g/mol. The molecular formula is C11H17ClN4O3. The summed E-state index contributed by atoms with van der Waals surface area (Å²) in [7, 11) is 0. The average Bonchev–Trinajstić information content (AvgIpc) is 2.69. The van der Waals surface area contributed by atoms with E-state index in [0.717, 1.165) is 5.69 Å². The Morgan fingerprint density at radius 3 is 2.58 bits per heavy atom. The maximum atomic E-state index is 11.3. The van der Waals surface area contributed by atoms with Crippen molar-refractivity contribution in [3.8, 4) is 0 Å². The van der Waals surface area contributed by atoms with E-state index >= 15 is 0 Å². The maximum absolute atomic E-state index is 11.3. The summed E-state index contributed by atoms with van der Waals surface area (Å²) in [6.07, 6.45) is 0.712. The summed E-state index contributed by atoms with van der Waals surface area (Å²) in [6.45, 7) is 4.30. The van der Waals surface area contributed by atoms with E-state index < -0.39 is 18.5 Å². The van der Waals surface area contributed by atoms with Crippen molar-refractivity contribution in [2.75, 3.05) is 6.54 Å². The van der Waals surface area contributed by atoms with Crippen molar-refractivity contribution in [3.63, 3.8) is 0 Å². The Hall–Kier alpha value is -1.76. The largest absolute Gasteiger partial charge is 0.480 e. The van der Waals surface area contributed by atoms with Crippen molar-refractivity contribution in [2.45, 2.75) is 33.4 Å². The van der Waals surface area contributed by atoms with Gasteiger partial charge in [0.25, 0.3) is 0 Å². The van der Waals surface area contributed by atoms with Gasteiger partial charge in [0.15, 0.2) is 0 Å². The highest BCUT2D eigenvalue weighted by molar-refractivity contribution is 6.31. The Balaban J connectivity index is 2.64. The maximum Gasteiger partial charge on any atom is 0.323 e. The van der Waals surface area contributed by atoms with Crippen LogP contribution in [0.25, 0.3) is 0 Å². The number of aromatic nitrogens is 2. The minimum atomic E-state index is -1.10. The minimum absolute atomic E-state index is 0.200. The van der Waals surface area contributed by atoms with Crippen LogP contribution in [-0.4, -0.2) is 33.4 Å². The van der Waals surface area contributed by atoms with Crippen LogP contribution in [0.5, 0.6) is 0 Å². The third kappa shape index (κ3) is 4.13. The number of carboxylic acid groups (broad SMARTS) is 1. The Bertz CT molecular complexity index is 473. The number of nitrogens with one attached hydrogen (secondary N) is 2. The first-order valence-corrected chi connectivity index (χ1v) is 6.34. The number of nitrogens with zero attached hydrogens (tertiary/aromatic N) is 2. The van der Waals surface area contributed by atoms with E-state index in [1.165, 1.54) is 0 Å². The van der Waals surface area contributed by atoms with Gasteiger partial charge in [-0.1, -0.05) is 18.5 Å². The number of carboxylic acids is 1. The van der Waals surface area contributed by atoms with Crippen molar-refractivity contribution in [3.05, 3.63) is 16.4 Å². The molecule has 1 heterocycles. The fourth-order valence-corrected chi connectivity index (χ4v) is 1.90. The van der Waals surface area contributed by atoms with Gasteiger partial charge in [0.2, 0.25) is 0 Å². The zero-order chi connectivity index (χ0) is 14.4. The number of carbonyl (C=O) groups is 2. The summed E-state index contributed by atoms with van der Waals surface area (Å²) >= 11 is 6.17. The van der Waals surface area contributed by atoms with Crippen LogP contribution in [0.2, 0.25) is 5.02 Å². The molecule has 0 spiro atoms. The molecule has 0 unspecified atom stereocenters. The summed E-state index contributed by atoms with van der Waals surface area (Å²) in [5, 5.41) is 18.0. The van der Waals surface area contributed by atoms with E-state index in [1.807, 2.05) is 13.8 Å². The molecule has 1 aromatic heterocycles. The third-order valence-corrected chi connectivity index (χ3v) is 2.95. The molecule has 0 aliphatic carbocycles. The molecule has 0 radical (unpaired) electrons. The highest BCUT2D eigenvalue weighted by Crippen LogP contribution is 2.21. The van der Waals surface area contributed by atoms with E-state index in [9.17, 15) is 9.59 Å². The molecule has 0 aliphatic heterocycles. The van der Waals surface area contributed by atoms with Gasteiger partial charge >= 0.3 is 12.0 Å². The van der Waals surface area contributed by atoms with Gasteiger partial charge in [-0.3, -0.25) is 9.48 Å².